The number of nitrogens with one attached hydrogen (secondary N) is 2. The Labute approximate surface area is 186 Å². The molecule has 4 aliphatic carbocycles. The van der Waals surface area contributed by atoms with Crippen molar-refractivity contribution >= 4 is 17.8 Å². The zero-order chi connectivity index (χ0) is 22.6. The third-order valence-corrected chi connectivity index (χ3v) is 9.72. The molecule has 2 N–H and O–H groups in total. The third kappa shape index (κ3) is 3.89. The molecule has 0 unspecified atom stereocenters. The fourth-order valence-electron chi connectivity index (χ4n) is 8.47. The van der Waals surface area contributed by atoms with E-state index in [0.717, 1.165) is 25.7 Å². The Balaban J connectivity index is 1.56. The van der Waals surface area contributed by atoms with Crippen LogP contribution in [-0.2, 0) is 19.1 Å². The smallest absolute Gasteiger partial charge is 0.302 e. The lowest BCUT2D eigenvalue weighted by atomic mass is 9.45. The number of carbonyl (C=O) groups excluding carboxylic acids is 3. The van der Waals surface area contributed by atoms with Crippen molar-refractivity contribution in [2.24, 2.45) is 34.5 Å². The molecule has 0 aliphatic heterocycles. The largest absolute Gasteiger partial charge is 0.460 e. The summed E-state index contributed by atoms with van der Waals surface area (Å²) in [4.78, 5) is 35.4. The van der Waals surface area contributed by atoms with Crippen molar-refractivity contribution in [2.75, 3.05) is 0 Å². The number of amides is 2. The Hall–Kier alpha value is -1.59. The highest BCUT2D eigenvalue weighted by Gasteiger charge is 2.63. The van der Waals surface area contributed by atoms with Gasteiger partial charge in [0.25, 0.3) is 0 Å². The molecule has 0 radical (unpaired) electrons. The standard InChI is InChI=1S/C25H40N2O4/c1-14(28)26-18-8-10-24(4)17(12-18)6-7-19-20(24)9-11-25(5)21(19)13-22(27-15(2)29)23(25)31-16(3)30/h17-23H,6-13H2,1-5H3,(H,26,28)(H,27,29)/t17-,18-,19+,20-,21+,22+,23-,24-,25-/m0/s1. The highest BCUT2D eigenvalue weighted by Crippen LogP contribution is 2.66. The zero-order valence-electron chi connectivity index (χ0n) is 19.8. The lowest BCUT2D eigenvalue weighted by Crippen LogP contribution is -2.56. The van der Waals surface area contributed by atoms with Gasteiger partial charge in [0.15, 0.2) is 0 Å². The number of ether oxygens (including phenoxy) is 1. The van der Waals surface area contributed by atoms with Crippen molar-refractivity contribution in [1.82, 2.24) is 10.6 Å². The van der Waals surface area contributed by atoms with Crippen molar-refractivity contribution in [3.05, 3.63) is 0 Å². The normalized spacial score (nSPS) is 46.2. The summed E-state index contributed by atoms with van der Waals surface area (Å²) < 4.78 is 5.87. The molecule has 4 fully saturated rings. The van der Waals surface area contributed by atoms with Gasteiger partial charge >= 0.3 is 5.97 Å². The average molecular weight is 433 g/mol. The zero-order valence-corrected chi connectivity index (χ0v) is 19.8. The lowest BCUT2D eigenvalue weighted by Gasteiger charge is -2.60. The maximum atomic E-state index is 11.9. The summed E-state index contributed by atoms with van der Waals surface area (Å²) in [5.74, 6) is 2.22. The van der Waals surface area contributed by atoms with E-state index in [1.165, 1.54) is 32.6 Å². The predicted molar refractivity (Wildman–Crippen MR) is 118 cm³/mol. The van der Waals surface area contributed by atoms with Crippen LogP contribution in [0.4, 0.5) is 0 Å². The summed E-state index contributed by atoms with van der Waals surface area (Å²) >= 11 is 0. The molecular weight excluding hydrogens is 392 g/mol. The molecule has 0 aromatic heterocycles. The quantitative estimate of drug-likeness (QED) is 0.668. The van der Waals surface area contributed by atoms with Gasteiger partial charge in [0.05, 0.1) is 6.04 Å². The predicted octanol–water partition coefficient (Wildman–Crippen LogP) is 3.58. The van der Waals surface area contributed by atoms with Crippen LogP contribution in [0.15, 0.2) is 0 Å². The van der Waals surface area contributed by atoms with Gasteiger partial charge < -0.3 is 15.4 Å². The first-order chi connectivity index (χ1) is 14.5. The van der Waals surface area contributed by atoms with Gasteiger partial charge in [-0.15, -0.1) is 0 Å². The van der Waals surface area contributed by atoms with E-state index < -0.39 is 0 Å². The van der Waals surface area contributed by atoms with Gasteiger partial charge in [-0.1, -0.05) is 13.8 Å². The lowest BCUT2D eigenvalue weighted by molar-refractivity contribution is -0.163. The van der Waals surface area contributed by atoms with Crippen molar-refractivity contribution in [3.63, 3.8) is 0 Å². The molecule has 31 heavy (non-hydrogen) atoms. The van der Waals surface area contributed by atoms with Gasteiger partial charge in [0, 0.05) is 32.2 Å². The molecule has 2 amide bonds. The van der Waals surface area contributed by atoms with Crippen LogP contribution in [-0.4, -0.2) is 36.0 Å². The Morgan fingerprint density at radius 3 is 2.13 bits per heavy atom. The molecule has 4 saturated carbocycles. The second-order valence-electron chi connectivity index (χ2n) is 11.4. The van der Waals surface area contributed by atoms with E-state index in [1.807, 2.05) is 0 Å². The summed E-state index contributed by atoms with van der Waals surface area (Å²) in [5, 5.41) is 6.28. The topological polar surface area (TPSA) is 84.5 Å². The molecule has 6 heteroatoms. The first-order valence-electron chi connectivity index (χ1n) is 12.3. The minimum absolute atomic E-state index is 0.0482. The molecule has 0 heterocycles. The molecule has 4 aliphatic rings. The summed E-state index contributed by atoms with van der Waals surface area (Å²) in [5.41, 5.74) is 0.249. The SMILES string of the molecule is CC(=O)N[C@H]1CC[C@@]2(C)[C@@H](CC[C@H]3[C@H]4C[C@@H](NC(C)=O)[C@H](OC(C)=O)[C@@]4(C)CC[C@@H]32)C1. The van der Waals surface area contributed by atoms with Crippen molar-refractivity contribution in [3.8, 4) is 0 Å². The molecule has 0 aromatic carbocycles. The van der Waals surface area contributed by atoms with Crippen LogP contribution in [0, 0.1) is 34.5 Å². The van der Waals surface area contributed by atoms with E-state index in [4.69, 9.17) is 4.74 Å². The van der Waals surface area contributed by atoms with Gasteiger partial charge in [0.2, 0.25) is 11.8 Å². The number of hydrogen-bond donors (Lipinski definition) is 2. The minimum Gasteiger partial charge on any atom is -0.460 e. The highest BCUT2D eigenvalue weighted by atomic mass is 16.5. The van der Waals surface area contributed by atoms with Crippen molar-refractivity contribution < 1.29 is 19.1 Å². The monoisotopic (exact) mass is 432 g/mol. The molecular formula is C25H40N2O4. The van der Waals surface area contributed by atoms with E-state index in [1.54, 1.807) is 13.8 Å². The van der Waals surface area contributed by atoms with E-state index in [9.17, 15) is 14.4 Å². The second-order valence-corrected chi connectivity index (χ2v) is 11.4. The number of hydrogen-bond acceptors (Lipinski definition) is 4. The molecule has 9 atom stereocenters. The average Bonchev–Trinajstić information content (AvgIpc) is 2.92. The second kappa shape index (κ2) is 8.08. The minimum atomic E-state index is -0.253. The number of carbonyl (C=O) groups is 3. The van der Waals surface area contributed by atoms with Crippen LogP contribution in [0.3, 0.4) is 0 Å². The van der Waals surface area contributed by atoms with Gasteiger partial charge in [-0.2, -0.15) is 0 Å². The van der Waals surface area contributed by atoms with E-state index in [-0.39, 0.29) is 35.3 Å². The fraction of sp³-hybridized carbons (Fsp3) is 0.880. The number of esters is 1. The molecule has 0 bridgehead atoms. The first-order valence-corrected chi connectivity index (χ1v) is 12.3. The molecule has 4 rings (SSSR count). The summed E-state index contributed by atoms with van der Waals surface area (Å²) in [6.45, 7) is 9.46. The Morgan fingerprint density at radius 2 is 1.48 bits per heavy atom. The van der Waals surface area contributed by atoms with Crippen LogP contribution in [0.25, 0.3) is 0 Å². The summed E-state index contributed by atoms with van der Waals surface area (Å²) in [7, 11) is 0. The molecule has 0 spiro atoms. The van der Waals surface area contributed by atoms with Crippen molar-refractivity contribution in [1.29, 1.82) is 0 Å². The Bertz CT molecular complexity index is 754. The number of rotatable bonds is 3. The van der Waals surface area contributed by atoms with Gasteiger partial charge in [0.1, 0.15) is 6.10 Å². The molecule has 0 saturated heterocycles. The molecule has 6 nitrogen and oxygen atoms in total. The molecule has 0 aromatic rings. The first kappa shape index (κ1) is 22.6. The summed E-state index contributed by atoms with van der Waals surface area (Å²) in [6.07, 6.45) is 8.65. The van der Waals surface area contributed by atoms with E-state index in [0.29, 0.717) is 35.1 Å². The number of fused-ring (bicyclic) bond motifs is 5. The van der Waals surface area contributed by atoms with Crippen LogP contribution in [0.5, 0.6) is 0 Å². The van der Waals surface area contributed by atoms with Crippen LogP contribution >= 0.6 is 0 Å². The maximum absolute atomic E-state index is 11.9. The van der Waals surface area contributed by atoms with E-state index >= 15 is 0 Å². The Morgan fingerprint density at radius 1 is 0.806 bits per heavy atom. The summed E-state index contributed by atoms with van der Waals surface area (Å²) in [6, 6.07) is 0.237. The van der Waals surface area contributed by atoms with Gasteiger partial charge in [-0.25, -0.2) is 0 Å². The third-order valence-electron chi connectivity index (χ3n) is 9.72. The Kier molecular flexibility index (Phi) is 5.89. The highest BCUT2D eigenvalue weighted by molar-refractivity contribution is 5.74. The fourth-order valence-corrected chi connectivity index (χ4v) is 8.47. The van der Waals surface area contributed by atoms with Crippen molar-refractivity contribution in [2.45, 2.75) is 104 Å². The molecule has 174 valence electrons. The van der Waals surface area contributed by atoms with Crippen LogP contribution in [0.2, 0.25) is 0 Å². The van der Waals surface area contributed by atoms with Crippen LogP contribution in [0.1, 0.15) is 86.0 Å². The van der Waals surface area contributed by atoms with Gasteiger partial charge in [-0.05, 0) is 80.5 Å². The van der Waals surface area contributed by atoms with Gasteiger partial charge in [-0.3, -0.25) is 14.4 Å². The van der Waals surface area contributed by atoms with Crippen LogP contribution < -0.4 is 10.6 Å². The maximum Gasteiger partial charge on any atom is 0.302 e. The van der Waals surface area contributed by atoms with E-state index in [2.05, 4.69) is 24.5 Å².